The van der Waals surface area contributed by atoms with Crippen molar-refractivity contribution >= 4 is 5.78 Å². The molecule has 1 N–H and O–H groups in total. The highest BCUT2D eigenvalue weighted by Crippen LogP contribution is 2.25. The number of likely N-dealkylation sites (tertiary alicyclic amines) is 1. The maximum atomic E-state index is 12.5. The van der Waals surface area contributed by atoms with Gasteiger partial charge in [0.2, 0.25) is 0 Å². The number of rotatable bonds is 8. The van der Waals surface area contributed by atoms with Gasteiger partial charge in [0, 0.05) is 24.2 Å². The monoisotopic (exact) mass is 406 g/mol. The molecule has 2 heterocycles. The van der Waals surface area contributed by atoms with Crippen LogP contribution in [0.1, 0.15) is 56.3 Å². The summed E-state index contributed by atoms with van der Waals surface area (Å²) in [4.78, 5) is 15.1. The Kier molecular flexibility index (Phi) is 6.86. The molecule has 2 aliphatic rings. The van der Waals surface area contributed by atoms with E-state index in [0.717, 1.165) is 61.4 Å². The van der Waals surface area contributed by atoms with Crippen molar-refractivity contribution in [1.29, 1.82) is 0 Å². The molecule has 3 atom stereocenters. The minimum Gasteiger partial charge on any atom is -0.494 e. The van der Waals surface area contributed by atoms with Crippen LogP contribution in [-0.2, 0) is 0 Å². The maximum Gasteiger partial charge on any atom is 0.179 e. The number of nitrogens with one attached hydrogen (secondary N) is 1. The van der Waals surface area contributed by atoms with E-state index in [2.05, 4.69) is 36.2 Å². The summed E-state index contributed by atoms with van der Waals surface area (Å²) in [6.45, 7) is 7.47. The first-order valence-corrected chi connectivity index (χ1v) is 11.5. The molecule has 0 amide bonds. The summed E-state index contributed by atoms with van der Waals surface area (Å²) in [7, 11) is 0. The normalized spacial score (nSPS) is 24.3. The summed E-state index contributed by atoms with van der Waals surface area (Å²) in [5, 5.41) is 3.28. The van der Waals surface area contributed by atoms with Crippen molar-refractivity contribution in [2.75, 3.05) is 19.7 Å². The molecule has 4 nitrogen and oxygen atoms in total. The van der Waals surface area contributed by atoms with Crippen LogP contribution < -0.4 is 10.1 Å². The average Bonchev–Trinajstić information content (AvgIpc) is 3.42. The van der Waals surface area contributed by atoms with Gasteiger partial charge in [0.1, 0.15) is 5.75 Å². The lowest BCUT2D eigenvalue weighted by Crippen LogP contribution is -2.34. The fourth-order valence-electron chi connectivity index (χ4n) is 4.81. The van der Waals surface area contributed by atoms with Crippen molar-refractivity contribution in [3.05, 3.63) is 54.1 Å². The molecule has 2 aromatic carbocycles. The lowest BCUT2D eigenvalue weighted by molar-refractivity contribution is 0.0952. The van der Waals surface area contributed by atoms with Gasteiger partial charge in [-0.15, -0.1) is 0 Å². The Hall–Kier alpha value is -2.17. The van der Waals surface area contributed by atoms with Crippen molar-refractivity contribution < 1.29 is 9.53 Å². The molecule has 160 valence electrons. The number of hydrogen-bond donors (Lipinski definition) is 1. The Balaban J connectivity index is 1.27. The molecule has 4 rings (SSSR count). The van der Waals surface area contributed by atoms with Gasteiger partial charge in [0.15, 0.2) is 5.78 Å². The highest BCUT2D eigenvalue weighted by molar-refractivity contribution is 6.00. The standard InChI is InChI=1S/C26H34N2O2/c1-19-6-7-20(2)28(19)17-4-18-30-24-14-12-22(13-15-24)21-8-10-23(11-9-21)26(29)25-5-3-16-27-25/h8-15,19-20,25,27H,3-7,16-18H2,1-2H3/t19-,20-,25?/m1/s1. The highest BCUT2D eigenvalue weighted by atomic mass is 16.5. The first-order chi connectivity index (χ1) is 14.6. The Morgan fingerprint density at radius 3 is 2.20 bits per heavy atom. The summed E-state index contributed by atoms with van der Waals surface area (Å²) < 4.78 is 5.96. The first-order valence-electron chi connectivity index (χ1n) is 11.5. The third-order valence-corrected chi connectivity index (χ3v) is 6.70. The molecule has 1 unspecified atom stereocenters. The third-order valence-electron chi connectivity index (χ3n) is 6.70. The molecule has 0 radical (unpaired) electrons. The highest BCUT2D eigenvalue weighted by Gasteiger charge is 2.26. The Morgan fingerprint density at radius 2 is 1.60 bits per heavy atom. The van der Waals surface area contributed by atoms with Gasteiger partial charge in [0.05, 0.1) is 12.6 Å². The van der Waals surface area contributed by atoms with Gasteiger partial charge in [-0.05, 0) is 75.8 Å². The predicted molar refractivity (Wildman–Crippen MR) is 122 cm³/mol. The van der Waals surface area contributed by atoms with Crippen molar-refractivity contribution in [1.82, 2.24) is 10.2 Å². The molecule has 0 spiro atoms. The number of ketones is 1. The molecule has 4 heteroatoms. The van der Waals surface area contributed by atoms with Gasteiger partial charge in [-0.25, -0.2) is 0 Å². The quantitative estimate of drug-likeness (QED) is 0.499. The summed E-state index contributed by atoms with van der Waals surface area (Å²) in [5.41, 5.74) is 3.05. The summed E-state index contributed by atoms with van der Waals surface area (Å²) in [6.07, 6.45) is 5.71. The largest absolute Gasteiger partial charge is 0.494 e. The van der Waals surface area contributed by atoms with E-state index in [-0.39, 0.29) is 11.8 Å². The second kappa shape index (κ2) is 9.76. The Morgan fingerprint density at radius 1 is 0.967 bits per heavy atom. The Bertz CT molecular complexity index is 815. The van der Waals surface area contributed by atoms with Crippen LogP contribution in [0, 0.1) is 0 Å². The fourth-order valence-corrected chi connectivity index (χ4v) is 4.81. The molecular formula is C26H34N2O2. The van der Waals surface area contributed by atoms with E-state index in [1.165, 1.54) is 12.8 Å². The van der Waals surface area contributed by atoms with Gasteiger partial charge in [0.25, 0.3) is 0 Å². The van der Waals surface area contributed by atoms with Crippen molar-refractivity contribution in [3.63, 3.8) is 0 Å². The van der Waals surface area contributed by atoms with Gasteiger partial charge >= 0.3 is 0 Å². The smallest absolute Gasteiger partial charge is 0.179 e. The molecule has 2 aliphatic heterocycles. The van der Waals surface area contributed by atoms with Crippen LogP contribution in [0.2, 0.25) is 0 Å². The van der Waals surface area contributed by atoms with Gasteiger partial charge in [-0.3, -0.25) is 9.69 Å². The zero-order valence-electron chi connectivity index (χ0n) is 18.3. The zero-order valence-corrected chi connectivity index (χ0v) is 18.3. The fraction of sp³-hybridized carbons (Fsp3) is 0.500. The number of ether oxygens (including phenoxy) is 1. The van der Waals surface area contributed by atoms with Crippen LogP contribution in [0.15, 0.2) is 48.5 Å². The molecular weight excluding hydrogens is 372 g/mol. The van der Waals surface area contributed by atoms with Crippen LogP contribution in [0.25, 0.3) is 11.1 Å². The summed E-state index contributed by atoms with van der Waals surface area (Å²) in [6, 6.07) is 17.6. The molecule has 0 aliphatic carbocycles. The van der Waals surface area contributed by atoms with Crippen LogP contribution >= 0.6 is 0 Å². The number of nitrogens with zero attached hydrogens (tertiary/aromatic N) is 1. The first kappa shape index (κ1) is 21.1. The SMILES string of the molecule is C[C@@H]1CC[C@@H](C)N1CCCOc1ccc(-c2ccc(C(=O)C3CCCN3)cc2)cc1. The number of carbonyl (C=O) groups is 1. The second-order valence-electron chi connectivity index (χ2n) is 8.83. The van der Waals surface area contributed by atoms with E-state index in [0.29, 0.717) is 12.1 Å². The van der Waals surface area contributed by atoms with E-state index >= 15 is 0 Å². The summed E-state index contributed by atoms with van der Waals surface area (Å²) in [5.74, 6) is 1.13. The lowest BCUT2D eigenvalue weighted by atomic mass is 9.99. The lowest BCUT2D eigenvalue weighted by Gasteiger charge is -2.25. The maximum absolute atomic E-state index is 12.5. The molecule has 2 aromatic rings. The molecule has 30 heavy (non-hydrogen) atoms. The molecule has 2 saturated heterocycles. The second-order valence-corrected chi connectivity index (χ2v) is 8.83. The predicted octanol–water partition coefficient (Wildman–Crippen LogP) is 4.93. The molecule has 2 fully saturated rings. The van der Waals surface area contributed by atoms with E-state index in [1.54, 1.807) is 0 Å². The van der Waals surface area contributed by atoms with Crippen LogP contribution in [0.5, 0.6) is 5.75 Å². The number of Topliss-reactive ketones (excluding diaryl/α,β-unsaturated/α-hetero) is 1. The third kappa shape index (κ3) is 4.93. The van der Waals surface area contributed by atoms with Gasteiger partial charge in [-0.1, -0.05) is 36.4 Å². The number of benzene rings is 2. The van der Waals surface area contributed by atoms with Crippen molar-refractivity contribution in [2.24, 2.45) is 0 Å². The van der Waals surface area contributed by atoms with Gasteiger partial charge < -0.3 is 10.1 Å². The van der Waals surface area contributed by atoms with E-state index < -0.39 is 0 Å². The molecule has 0 bridgehead atoms. The van der Waals surface area contributed by atoms with Crippen LogP contribution in [-0.4, -0.2) is 48.5 Å². The Labute approximate surface area is 180 Å². The van der Waals surface area contributed by atoms with Crippen molar-refractivity contribution in [2.45, 2.75) is 64.1 Å². The minimum absolute atomic E-state index is 0.0100. The van der Waals surface area contributed by atoms with E-state index in [1.807, 2.05) is 36.4 Å². The van der Waals surface area contributed by atoms with E-state index in [4.69, 9.17) is 4.74 Å². The topological polar surface area (TPSA) is 41.6 Å². The van der Waals surface area contributed by atoms with Crippen molar-refractivity contribution in [3.8, 4) is 16.9 Å². The summed E-state index contributed by atoms with van der Waals surface area (Å²) >= 11 is 0. The van der Waals surface area contributed by atoms with Crippen LogP contribution in [0.4, 0.5) is 0 Å². The van der Waals surface area contributed by atoms with E-state index in [9.17, 15) is 4.79 Å². The number of carbonyl (C=O) groups excluding carboxylic acids is 1. The molecule has 0 saturated carbocycles. The minimum atomic E-state index is -0.0100. The zero-order chi connectivity index (χ0) is 20.9. The molecule has 0 aromatic heterocycles. The van der Waals surface area contributed by atoms with Crippen LogP contribution in [0.3, 0.4) is 0 Å². The number of hydrogen-bond acceptors (Lipinski definition) is 4. The van der Waals surface area contributed by atoms with Gasteiger partial charge in [-0.2, -0.15) is 0 Å². The average molecular weight is 407 g/mol.